The summed E-state index contributed by atoms with van der Waals surface area (Å²) in [6.07, 6.45) is 4.19. The van der Waals surface area contributed by atoms with E-state index in [-0.39, 0.29) is 22.0 Å². The molecule has 1 amide bonds. The van der Waals surface area contributed by atoms with Gasteiger partial charge in [-0.25, -0.2) is 18.4 Å². The van der Waals surface area contributed by atoms with Crippen LogP contribution in [0, 0.1) is 0 Å². The number of nitrogens with two attached hydrogens (primary N) is 1. The van der Waals surface area contributed by atoms with Crippen LogP contribution in [0.5, 0.6) is 0 Å². The molecule has 2 aliphatic heterocycles. The highest BCUT2D eigenvalue weighted by molar-refractivity contribution is 7.91. The first-order valence-electron chi connectivity index (χ1n) is 9.47. The minimum atomic E-state index is -3.40. The Bertz CT molecular complexity index is 1080. The molecule has 1 saturated heterocycles. The number of sulfone groups is 1. The van der Waals surface area contributed by atoms with Crippen LogP contribution in [-0.2, 0) is 19.4 Å². The number of hydrogen-bond donors (Lipinski definition) is 3. The molecule has 0 atom stereocenters. The van der Waals surface area contributed by atoms with E-state index in [1.807, 2.05) is 4.90 Å². The zero-order chi connectivity index (χ0) is 21.1. The van der Waals surface area contributed by atoms with Crippen molar-refractivity contribution in [3.8, 4) is 0 Å². The van der Waals surface area contributed by atoms with E-state index < -0.39 is 15.7 Å². The number of carbonyl (C=O) groups is 1. The molecule has 1 fully saturated rings. The lowest BCUT2D eigenvalue weighted by molar-refractivity contribution is -0.111. The Morgan fingerprint density at radius 3 is 2.67 bits per heavy atom. The molecule has 158 valence electrons. The molecular weight excluding hydrogens is 408 g/mol. The van der Waals surface area contributed by atoms with Gasteiger partial charge in [0, 0.05) is 38.2 Å². The van der Waals surface area contributed by atoms with Crippen molar-refractivity contribution in [3.63, 3.8) is 0 Å². The summed E-state index contributed by atoms with van der Waals surface area (Å²) in [6, 6.07) is 4.90. The fourth-order valence-corrected chi connectivity index (χ4v) is 4.79. The zero-order valence-electron chi connectivity index (χ0n) is 16.2. The average molecular weight is 430 g/mol. The second kappa shape index (κ2) is 8.28. The van der Waals surface area contributed by atoms with Crippen LogP contribution in [0.3, 0.4) is 0 Å². The van der Waals surface area contributed by atoms with Crippen molar-refractivity contribution in [3.05, 3.63) is 42.6 Å². The largest absolute Gasteiger partial charge is 0.404 e. The summed E-state index contributed by atoms with van der Waals surface area (Å²) in [5.41, 5.74) is 7.33. The number of nitrogens with one attached hydrogen (secondary N) is 2. The van der Waals surface area contributed by atoms with E-state index in [9.17, 15) is 13.2 Å². The molecule has 30 heavy (non-hydrogen) atoms. The van der Waals surface area contributed by atoms with Crippen molar-refractivity contribution in [2.24, 2.45) is 5.73 Å². The Morgan fingerprint density at radius 1 is 1.23 bits per heavy atom. The van der Waals surface area contributed by atoms with Gasteiger partial charge in [-0.1, -0.05) is 0 Å². The third-order valence-corrected chi connectivity index (χ3v) is 6.69. The van der Waals surface area contributed by atoms with Crippen LogP contribution in [0.25, 0.3) is 5.57 Å². The molecule has 3 heterocycles. The number of ether oxygens (including phenoxy) is 1. The number of benzene rings is 1. The molecule has 0 spiro atoms. The van der Waals surface area contributed by atoms with Gasteiger partial charge in [-0.3, -0.25) is 4.79 Å². The van der Waals surface area contributed by atoms with Gasteiger partial charge in [0.15, 0.2) is 15.7 Å². The van der Waals surface area contributed by atoms with Crippen LogP contribution >= 0.6 is 0 Å². The Labute approximate surface area is 174 Å². The second-order valence-corrected chi connectivity index (χ2v) is 8.90. The van der Waals surface area contributed by atoms with Crippen molar-refractivity contribution in [2.45, 2.75) is 4.90 Å². The highest BCUT2D eigenvalue weighted by Crippen LogP contribution is 2.37. The van der Waals surface area contributed by atoms with E-state index in [2.05, 4.69) is 20.6 Å². The van der Waals surface area contributed by atoms with Crippen molar-refractivity contribution >= 4 is 38.4 Å². The van der Waals surface area contributed by atoms with E-state index in [4.69, 9.17) is 10.5 Å². The lowest BCUT2D eigenvalue weighted by Crippen LogP contribution is -2.37. The van der Waals surface area contributed by atoms with Gasteiger partial charge < -0.3 is 26.0 Å². The Morgan fingerprint density at radius 2 is 1.97 bits per heavy atom. The van der Waals surface area contributed by atoms with E-state index in [1.165, 1.54) is 12.4 Å². The van der Waals surface area contributed by atoms with Gasteiger partial charge in [-0.2, -0.15) is 0 Å². The first-order chi connectivity index (χ1) is 14.5. The van der Waals surface area contributed by atoms with Gasteiger partial charge in [0.2, 0.25) is 0 Å². The molecule has 0 unspecified atom stereocenters. The van der Waals surface area contributed by atoms with Gasteiger partial charge >= 0.3 is 0 Å². The molecule has 4 N–H and O–H groups in total. The van der Waals surface area contributed by atoms with E-state index in [1.54, 1.807) is 18.2 Å². The maximum atomic E-state index is 13.0. The molecule has 0 bridgehead atoms. The summed E-state index contributed by atoms with van der Waals surface area (Å²) in [5.74, 6) is -0.263. The lowest BCUT2D eigenvalue weighted by Gasteiger charge is -2.32. The smallest absolute Gasteiger partial charge is 0.261 e. The maximum absolute atomic E-state index is 13.0. The quantitative estimate of drug-likeness (QED) is 0.590. The number of nitrogens with zero attached hydrogens (tertiary/aromatic N) is 3. The number of anilines is 3. The molecule has 0 saturated carbocycles. The molecular formula is C19H22N6O4S. The van der Waals surface area contributed by atoms with Crippen LogP contribution < -0.4 is 21.3 Å². The summed E-state index contributed by atoms with van der Waals surface area (Å²) < 4.78 is 30.5. The summed E-state index contributed by atoms with van der Waals surface area (Å²) in [6.45, 7) is 2.50. The van der Waals surface area contributed by atoms with Crippen molar-refractivity contribution in [1.29, 1.82) is 0 Å². The third-order valence-electron chi connectivity index (χ3n) is 4.94. The predicted octanol–water partition coefficient (Wildman–Crippen LogP) is 0.451. The number of morpholine rings is 1. The Balaban J connectivity index is 1.73. The minimum absolute atomic E-state index is 0.0274. The monoisotopic (exact) mass is 430 g/mol. The zero-order valence-corrected chi connectivity index (χ0v) is 17.0. The van der Waals surface area contributed by atoms with Crippen LogP contribution in [0.4, 0.5) is 17.1 Å². The number of rotatable bonds is 4. The number of amides is 1. The predicted molar refractivity (Wildman–Crippen MR) is 113 cm³/mol. The SMILES string of the molecule is N/C=C(/C(=O)Nc1cc2c(cc1N1CCOCC1)S(=O)(=O)CCN2)c1ncccn1. The normalized spacial score (nSPS) is 18.3. The summed E-state index contributed by atoms with van der Waals surface area (Å²) in [5, 5.41) is 5.95. The molecule has 0 radical (unpaired) electrons. The van der Waals surface area contributed by atoms with Crippen LogP contribution in [0.1, 0.15) is 5.82 Å². The third kappa shape index (κ3) is 3.94. The molecule has 10 nitrogen and oxygen atoms in total. The Hall–Kier alpha value is -3.18. The van der Waals surface area contributed by atoms with E-state index >= 15 is 0 Å². The topological polar surface area (TPSA) is 140 Å². The average Bonchev–Trinajstić information content (AvgIpc) is 2.75. The Kier molecular flexibility index (Phi) is 5.55. The van der Waals surface area contributed by atoms with Gasteiger partial charge in [0.25, 0.3) is 5.91 Å². The number of carbonyl (C=O) groups excluding carboxylic acids is 1. The van der Waals surface area contributed by atoms with Gasteiger partial charge in [-0.05, 0) is 18.2 Å². The molecule has 1 aromatic carbocycles. The molecule has 2 aromatic rings. The molecule has 2 aliphatic rings. The fraction of sp³-hybridized carbons (Fsp3) is 0.316. The van der Waals surface area contributed by atoms with Gasteiger partial charge in [0.1, 0.15) is 0 Å². The number of hydrogen-bond acceptors (Lipinski definition) is 9. The van der Waals surface area contributed by atoms with Crippen LogP contribution in [0.2, 0.25) is 0 Å². The second-order valence-electron chi connectivity index (χ2n) is 6.82. The molecule has 4 rings (SSSR count). The van der Waals surface area contributed by atoms with Crippen molar-refractivity contribution < 1.29 is 17.9 Å². The number of aromatic nitrogens is 2. The standard InChI is InChI=1S/C19H22N6O4S/c20-12-13(18-22-2-1-3-23-18)19(26)24-14-10-15-17(30(27,28)9-4-21-15)11-16(14)25-5-7-29-8-6-25/h1-3,10-12,21H,4-9,20H2,(H,24,26)/b13-12+. The van der Waals surface area contributed by atoms with E-state index in [0.29, 0.717) is 49.9 Å². The number of fused-ring (bicyclic) bond motifs is 1. The highest BCUT2D eigenvalue weighted by atomic mass is 32.2. The molecule has 1 aromatic heterocycles. The summed E-state index contributed by atoms with van der Waals surface area (Å²) in [7, 11) is -3.40. The molecule has 11 heteroatoms. The fourth-order valence-electron chi connectivity index (χ4n) is 3.44. The van der Waals surface area contributed by atoms with E-state index in [0.717, 1.165) is 6.20 Å². The van der Waals surface area contributed by atoms with Crippen LogP contribution in [0.15, 0.2) is 41.7 Å². The van der Waals surface area contributed by atoms with Gasteiger partial charge in [-0.15, -0.1) is 0 Å². The summed E-state index contributed by atoms with van der Waals surface area (Å²) in [4.78, 5) is 23.3. The van der Waals surface area contributed by atoms with Crippen LogP contribution in [-0.4, -0.2) is 62.9 Å². The first kappa shape index (κ1) is 20.1. The maximum Gasteiger partial charge on any atom is 0.261 e. The van der Waals surface area contributed by atoms with Crippen molar-refractivity contribution in [1.82, 2.24) is 9.97 Å². The van der Waals surface area contributed by atoms with Crippen molar-refractivity contribution in [2.75, 3.05) is 54.1 Å². The molecule has 0 aliphatic carbocycles. The first-order valence-corrected chi connectivity index (χ1v) is 11.1. The minimum Gasteiger partial charge on any atom is -0.404 e. The van der Waals surface area contributed by atoms with Gasteiger partial charge in [0.05, 0.1) is 46.5 Å². The lowest BCUT2D eigenvalue weighted by atomic mass is 10.1. The highest BCUT2D eigenvalue weighted by Gasteiger charge is 2.28. The summed E-state index contributed by atoms with van der Waals surface area (Å²) >= 11 is 0.